The summed E-state index contributed by atoms with van der Waals surface area (Å²) in [6, 6.07) is 15.3. The SMILES string of the molecule is CN(Cc1ccccc1)C(=O)CN1CCN(c2ccc(F)cc2)C1=O. The topological polar surface area (TPSA) is 43.9 Å². The van der Waals surface area contributed by atoms with Crippen LogP contribution in [0.4, 0.5) is 14.9 Å². The number of rotatable bonds is 5. The Hall–Kier alpha value is -2.89. The molecule has 3 amide bonds. The second-order valence-electron chi connectivity index (χ2n) is 6.07. The van der Waals surface area contributed by atoms with Crippen LogP contribution in [-0.2, 0) is 11.3 Å². The minimum Gasteiger partial charge on any atom is -0.340 e. The van der Waals surface area contributed by atoms with Crippen molar-refractivity contribution in [3.8, 4) is 0 Å². The molecule has 0 spiro atoms. The molecule has 0 aromatic heterocycles. The molecule has 6 heteroatoms. The number of likely N-dealkylation sites (N-methyl/N-ethyl adjacent to an activating group) is 1. The Kier molecular flexibility index (Phi) is 4.97. The largest absolute Gasteiger partial charge is 0.340 e. The van der Waals surface area contributed by atoms with Crippen molar-refractivity contribution in [2.75, 3.05) is 31.6 Å². The first kappa shape index (κ1) is 17.0. The fraction of sp³-hybridized carbons (Fsp3) is 0.263. The Balaban J connectivity index is 1.58. The predicted octanol–water partition coefficient (Wildman–Crippen LogP) is 2.73. The monoisotopic (exact) mass is 341 g/mol. The fourth-order valence-corrected chi connectivity index (χ4v) is 2.82. The highest BCUT2D eigenvalue weighted by atomic mass is 19.1. The van der Waals surface area contributed by atoms with Crippen molar-refractivity contribution in [2.24, 2.45) is 0 Å². The minimum absolute atomic E-state index is 0.0415. The molecule has 2 aromatic carbocycles. The molecular weight excluding hydrogens is 321 g/mol. The maximum Gasteiger partial charge on any atom is 0.325 e. The summed E-state index contributed by atoms with van der Waals surface area (Å²) in [6.45, 7) is 1.50. The maximum atomic E-state index is 13.0. The van der Waals surface area contributed by atoms with Gasteiger partial charge in [-0.3, -0.25) is 9.69 Å². The van der Waals surface area contributed by atoms with Crippen molar-refractivity contribution in [3.05, 3.63) is 66.0 Å². The molecule has 1 fully saturated rings. The van der Waals surface area contributed by atoms with Crippen LogP contribution in [-0.4, -0.2) is 48.4 Å². The highest BCUT2D eigenvalue weighted by molar-refractivity contribution is 5.96. The van der Waals surface area contributed by atoms with Gasteiger partial charge in [-0.25, -0.2) is 9.18 Å². The average molecular weight is 341 g/mol. The zero-order valence-corrected chi connectivity index (χ0v) is 14.1. The van der Waals surface area contributed by atoms with E-state index in [9.17, 15) is 14.0 Å². The summed E-state index contributed by atoms with van der Waals surface area (Å²) in [6.07, 6.45) is 0. The second-order valence-corrected chi connectivity index (χ2v) is 6.07. The molecule has 25 heavy (non-hydrogen) atoms. The van der Waals surface area contributed by atoms with Gasteiger partial charge >= 0.3 is 6.03 Å². The van der Waals surface area contributed by atoms with E-state index in [0.717, 1.165) is 5.56 Å². The van der Waals surface area contributed by atoms with Gasteiger partial charge in [-0.15, -0.1) is 0 Å². The van der Waals surface area contributed by atoms with E-state index in [0.29, 0.717) is 25.3 Å². The number of nitrogens with zero attached hydrogens (tertiary/aromatic N) is 3. The van der Waals surface area contributed by atoms with E-state index in [1.54, 1.807) is 29.0 Å². The molecule has 0 radical (unpaired) electrons. The molecule has 3 rings (SSSR count). The number of halogens is 1. The lowest BCUT2D eigenvalue weighted by Crippen LogP contribution is -2.40. The predicted molar refractivity (Wildman–Crippen MR) is 93.6 cm³/mol. The summed E-state index contributed by atoms with van der Waals surface area (Å²) in [7, 11) is 1.73. The van der Waals surface area contributed by atoms with Gasteiger partial charge in [0.2, 0.25) is 5.91 Å². The molecule has 5 nitrogen and oxygen atoms in total. The van der Waals surface area contributed by atoms with E-state index in [1.165, 1.54) is 17.0 Å². The molecule has 0 N–H and O–H groups in total. The van der Waals surface area contributed by atoms with Crippen LogP contribution in [0.15, 0.2) is 54.6 Å². The van der Waals surface area contributed by atoms with Crippen LogP contribution in [0.3, 0.4) is 0 Å². The van der Waals surface area contributed by atoms with Gasteiger partial charge < -0.3 is 9.80 Å². The number of amides is 3. The number of urea groups is 1. The van der Waals surface area contributed by atoms with E-state index < -0.39 is 0 Å². The number of benzene rings is 2. The van der Waals surface area contributed by atoms with Gasteiger partial charge in [0.15, 0.2) is 0 Å². The molecule has 1 aliphatic rings. The van der Waals surface area contributed by atoms with E-state index in [1.807, 2.05) is 30.3 Å². The van der Waals surface area contributed by atoms with Gasteiger partial charge in [0.05, 0.1) is 0 Å². The number of hydrogen-bond donors (Lipinski definition) is 0. The van der Waals surface area contributed by atoms with Gasteiger partial charge in [0.1, 0.15) is 12.4 Å². The Morgan fingerprint density at radius 1 is 1.08 bits per heavy atom. The van der Waals surface area contributed by atoms with Crippen LogP contribution in [0, 0.1) is 5.82 Å². The first-order valence-corrected chi connectivity index (χ1v) is 8.14. The Bertz CT molecular complexity index is 749. The number of anilines is 1. The third-order valence-electron chi connectivity index (χ3n) is 4.25. The van der Waals surface area contributed by atoms with Crippen molar-refractivity contribution in [1.29, 1.82) is 0 Å². The van der Waals surface area contributed by atoms with Crippen LogP contribution in [0.2, 0.25) is 0 Å². The van der Waals surface area contributed by atoms with Crippen LogP contribution < -0.4 is 4.90 Å². The Labute approximate surface area is 146 Å². The third-order valence-corrected chi connectivity index (χ3v) is 4.25. The summed E-state index contributed by atoms with van der Waals surface area (Å²) < 4.78 is 13.0. The summed E-state index contributed by atoms with van der Waals surface area (Å²) in [5.41, 5.74) is 1.68. The molecule has 1 heterocycles. The molecule has 1 saturated heterocycles. The fourth-order valence-electron chi connectivity index (χ4n) is 2.82. The van der Waals surface area contributed by atoms with Crippen molar-refractivity contribution in [2.45, 2.75) is 6.54 Å². The molecule has 0 atom stereocenters. The Morgan fingerprint density at radius 3 is 2.44 bits per heavy atom. The molecule has 1 aliphatic heterocycles. The van der Waals surface area contributed by atoms with Crippen molar-refractivity contribution in [1.82, 2.24) is 9.80 Å². The quantitative estimate of drug-likeness (QED) is 0.839. The molecule has 0 bridgehead atoms. The molecule has 0 saturated carbocycles. The standard InChI is InChI=1S/C19H20FN3O2/c1-21(13-15-5-3-2-4-6-15)18(24)14-22-11-12-23(19(22)25)17-9-7-16(20)8-10-17/h2-10H,11-14H2,1H3. The van der Waals surface area contributed by atoms with Gasteiger partial charge in [-0.2, -0.15) is 0 Å². The highest BCUT2D eigenvalue weighted by Gasteiger charge is 2.31. The Morgan fingerprint density at radius 2 is 1.76 bits per heavy atom. The first-order chi connectivity index (χ1) is 12.0. The summed E-state index contributed by atoms with van der Waals surface area (Å²) >= 11 is 0. The molecular formula is C19H20FN3O2. The van der Waals surface area contributed by atoms with Crippen molar-refractivity contribution < 1.29 is 14.0 Å². The van der Waals surface area contributed by atoms with Gasteiger partial charge in [0.25, 0.3) is 0 Å². The maximum absolute atomic E-state index is 13.0. The summed E-state index contributed by atoms with van der Waals surface area (Å²) in [5, 5.41) is 0. The van der Waals surface area contributed by atoms with Crippen molar-refractivity contribution in [3.63, 3.8) is 0 Å². The summed E-state index contributed by atoms with van der Waals surface area (Å²) in [5.74, 6) is -0.455. The third kappa shape index (κ3) is 3.96. The van der Waals surface area contributed by atoms with Crippen LogP contribution >= 0.6 is 0 Å². The number of carbonyl (C=O) groups is 2. The zero-order valence-electron chi connectivity index (χ0n) is 14.1. The summed E-state index contributed by atoms with van der Waals surface area (Å²) in [4.78, 5) is 29.6. The van der Waals surface area contributed by atoms with Crippen molar-refractivity contribution >= 4 is 17.6 Å². The molecule has 130 valence electrons. The van der Waals surface area contributed by atoms with E-state index in [2.05, 4.69) is 0 Å². The first-order valence-electron chi connectivity index (χ1n) is 8.14. The van der Waals surface area contributed by atoms with Crippen LogP contribution in [0.1, 0.15) is 5.56 Å². The lowest BCUT2D eigenvalue weighted by atomic mass is 10.2. The smallest absolute Gasteiger partial charge is 0.325 e. The van der Waals surface area contributed by atoms with E-state index in [-0.39, 0.29) is 24.3 Å². The molecule has 0 aliphatic carbocycles. The van der Waals surface area contributed by atoms with E-state index in [4.69, 9.17) is 0 Å². The van der Waals surface area contributed by atoms with Gasteiger partial charge in [-0.1, -0.05) is 30.3 Å². The minimum atomic E-state index is -0.343. The zero-order chi connectivity index (χ0) is 17.8. The van der Waals surface area contributed by atoms with Gasteiger partial charge in [0, 0.05) is 32.4 Å². The van der Waals surface area contributed by atoms with Crippen LogP contribution in [0.5, 0.6) is 0 Å². The lowest BCUT2D eigenvalue weighted by Gasteiger charge is -2.22. The van der Waals surface area contributed by atoms with Crippen LogP contribution in [0.25, 0.3) is 0 Å². The van der Waals surface area contributed by atoms with E-state index >= 15 is 0 Å². The molecule has 2 aromatic rings. The molecule has 0 unspecified atom stereocenters. The number of carbonyl (C=O) groups excluding carboxylic acids is 2. The lowest BCUT2D eigenvalue weighted by molar-refractivity contribution is -0.130. The normalized spacial score (nSPS) is 14.1. The second kappa shape index (κ2) is 7.34. The average Bonchev–Trinajstić information content (AvgIpc) is 2.97. The number of hydrogen-bond acceptors (Lipinski definition) is 2. The highest BCUT2D eigenvalue weighted by Crippen LogP contribution is 2.20. The van der Waals surface area contributed by atoms with Gasteiger partial charge in [-0.05, 0) is 29.8 Å².